The lowest BCUT2D eigenvalue weighted by atomic mass is 9.84. The molecule has 0 fully saturated rings. The Morgan fingerprint density at radius 2 is 1.25 bits per heavy atom. The molecule has 1 aromatic carbocycles. The molecule has 0 aliphatic heterocycles. The second-order valence-electron chi connectivity index (χ2n) is 6.00. The Labute approximate surface area is 128 Å². The number of hydrogen-bond donors (Lipinski definition) is 0. The van der Waals surface area contributed by atoms with Crippen LogP contribution >= 0.6 is 22.7 Å². The monoisotopic (exact) mass is 298 g/mol. The van der Waals surface area contributed by atoms with E-state index in [1.165, 1.54) is 26.4 Å². The molecule has 0 aliphatic carbocycles. The first-order chi connectivity index (χ1) is 9.54. The van der Waals surface area contributed by atoms with Gasteiger partial charge in [-0.3, -0.25) is 0 Å². The highest BCUT2D eigenvalue weighted by Crippen LogP contribution is 2.36. The highest BCUT2D eigenvalue weighted by Gasteiger charge is 2.16. The van der Waals surface area contributed by atoms with Crippen molar-refractivity contribution in [3.63, 3.8) is 0 Å². The van der Waals surface area contributed by atoms with E-state index in [2.05, 4.69) is 74.0 Å². The molecule has 0 amide bonds. The third-order valence-electron chi connectivity index (χ3n) is 3.41. The van der Waals surface area contributed by atoms with E-state index in [1.807, 2.05) is 0 Å². The summed E-state index contributed by atoms with van der Waals surface area (Å²) in [6.45, 7) is 6.83. The van der Waals surface area contributed by atoms with Gasteiger partial charge in [-0.1, -0.05) is 32.9 Å². The minimum Gasteiger partial charge on any atom is -0.144 e. The maximum absolute atomic E-state index is 2.34. The molecule has 2 heterocycles. The molecule has 3 rings (SSSR count). The summed E-state index contributed by atoms with van der Waals surface area (Å²) in [5, 5.41) is 4.29. The summed E-state index contributed by atoms with van der Waals surface area (Å²) in [5.74, 6) is 0. The zero-order chi connectivity index (χ0) is 14.2. The van der Waals surface area contributed by atoms with Gasteiger partial charge in [-0.25, -0.2) is 0 Å². The van der Waals surface area contributed by atoms with Crippen molar-refractivity contribution in [2.75, 3.05) is 0 Å². The van der Waals surface area contributed by atoms with Crippen LogP contribution < -0.4 is 0 Å². The van der Waals surface area contributed by atoms with Crippen LogP contribution in [0.3, 0.4) is 0 Å². The summed E-state index contributed by atoms with van der Waals surface area (Å²) < 4.78 is 0. The van der Waals surface area contributed by atoms with E-state index >= 15 is 0 Å². The van der Waals surface area contributed by atoms with Crippen LogP contribution in [0.4, 0.5) is 0 Å². The zero-order valence-corrected chi connectivity index (χ0v) is 13.6. The second-order valence-corrected chi connectivity index (χ2v) is 7.90. The van der Waals surface area contributed by atoms with Gasteiger partial charge >= 0.3 is 0 Å². The lowest BCUT2D eigenvalue weighted by molar-refractivity contribution is 0.591. The lowest BCUT2D eigenvalue weighted by Crippen LogP contribution is -2.11. The first-order valence-electron chi connectivity index (χ1n) is 6.77. The average molecular weight is 298 g/mol. The molecule has 0 bridgehead atoms. The molecular weight excluding hydrogens is 280 g/mol. The summed E-state index contributed by atoms with van der Waals surface area (Å²) >= 11 is 3.61. The largest absolute Gasteiger partial charge is 0.144 e. The van der Waals surface area contributed by atoms with Gasteiger partial charge in [0.25, 0.3) is 0 Å². The lowest BCUT2D eigenvalue weighted by Gasteiger charge is -2.21. The van der Waals surface area contributed by atoms with E-state index in [9.17, 15) is 0 Å². The Morgan fingerprint density at radius 3 is 1.60 bits per heavy atom. The molecular formula is C18H18S2. The van der Waals surface area contributed by atoms with Crippen LogP contribution in [0.1, 0.15) is 26.3 Å². The number of rotatable bonds is 2. The van der Waals surface area contributed by atoms with Crippen molar-refractivity contribution in [1.82, 2.24) is 0 Å². The Kier molecular flexibility index (Phi) is 3.53. The van der Waals surface area contributed by atoms with Crippen molar-refractivity contribution in [3.05, 3.63) is 58.8 Å². The standard InChI is InChI=1S/C18H18S2/c1-18(2,3)15-11-13(16-6-4-8-19-16)10-14(12-15)17-7-5-9-20-17/h4-12H,1-3H3. The van der Waals surface area contributed by atoms with Crippen LogP contribution in [-0.2, 0) is 5.41 Å². The van der Waals surface area contributed by atoms with Gasteiger partial charge in [0.15, 0.2) is 0 Å². The Balaban J connectivity index is 2.19. The van der Waals surface area contributed by atoms with Crippen molar-refractivity contribution < 1.29 is 0 Å². The summed E-state index contributed by atoms with van der Waals surface area (Å²) in [4.78, 5) is 2.68. The van der Waals surface area contributed by atoms with Crippen LogP contribution in [0, 0.1) is 0 Å². The molecule has 0 nitrogen and oxygen atoms in total. The third kappa shape index (κ3) is 2.72. The van der Waals surface area contributed by atoms with Gasteiger partial charge in [0, 0.05) is 9.75 Å². The summed E-state index contributed by atoms with van der Waals surface area (Å²) in [7, 11) is 0. The molecule has 2 aromatic heterocycles. The second kappa shape index (κ2) is 5.19. The van der Waals surface area contributed by atoms with Crippen molar-refractivity contribution in [1.29, 1.82) is 0 Å². The minimum absolute atomic E-state index is 0.166. The van der Waals surface area contributed by atoms with Crippen LogP contribution in [-0.4, -0.2) is 0 Å². The Morgan fingerprint density at radius 1 is 0.750 bits per heavy atom. The summed E-state index contributed by atoms with van der Waals surface area (Å²) in [6.07, 6.45) is 0. The fourth-order valence-corrected chi connectivity index (χ4v) is 3.66. The van der Waals surface area contributed by atoms with E-state index < -0.39 is 0 Å². The molecule has 0 spiro atoms. The van der Waals surface area contributed by atoms with Crippen LogP contribution in [0.25, 0.3) is 20.9 Å². The molecule has 0 saturated carbocycles. The van der Waals surface area contributed by atoms with Crippen molar-refractivity contribution in [2.24, 2.45) is 0 Å². The van der Waals surface area contributed by atoms with Crippen LogP contribution in [0.15, 0.2) is 53.2 Å². The quantitative estimate of drug-likeness (QED) is 0.510. The molecule has 0 radical (unpaired) electrons. The van der Waals surface area contributed by atoms with E-state index in [0.29, 0.717) is 0 Å². The van der Waals surface area contributed by atoms with Gasteiger partial charge in [0.2, 0.25) is 0 Å². The summed E-state index contributed by atoms with van der Waals surface area (Å²) in [5.41, 5.74) is 4.22. The van der Waals surface area contributed by atoms with Gasteiger partial charge in [-0.05, 0) is 63.2 Å². The van der Waals surface area contributed by atoms with Crippen LogP contribution in [0.2, 0.25) is 0 Å². The number of hydrogen-bond acceptors (Lipinski definition) is 2. The van der Waals surface area contributed by atoms with E-state index in [0.717, 1.165) is 0 Å². The smallest absolute Gasteiger partial charge is 0.0343 e. The van der Waals surface area contributed by atoms with Gasteiger partial charge < -0.3 is 0 Å². The van der Waals surface area contributed by atoms with Gasteiger partial charge in [-0.15, -0.1) is 22.7 Å². The molecule has 0 aliphatic rings. The molecule has 2 heteroatoms. The molecule has 20 heavy (non-hydrogen) atoms. The van der Waals surface area contributed by atoms with Gasteiger partial charge in [0.05, 0.1) is 0 Å². The average Bonchev–Trinajstić information content (AvgIpc) is 3.10. The predicted octanol–water partition coefficient (Wildman–Crippen LogP) is 6.44. The Hall–Kier alpha value is -1.38. The first kappa shape index (κ1) is 13.6. The van der Waals surface area contributed by atoms with Crippen LogP contribution in [0.5, 0.6) is 0 Å². The maximum Gasteiger partial charge on any atom is 0.0343 e. The third-order valence-corrected chi connectivity index (χ3v) is 5.25. The zero-order valence-electron chi connectivity index (χ0n) is 12.0. The van der Waals surface area contributed by atoms with E-state index in [1.54, 1.807) is 22.7 Å². The fraction of sp³-hybridized carbons (Fsp3) is 0.222. The molecule has 0 N–H and O–H groups in total. The number of benzene rings is 1. The topological polar surface area (TPSA) is 0 Å². The first-order valence-corrected chi connectivity index (χ1v) is 8.53. The summed E-state index contributed by atoms with van der Waals surface area (Å²) in [6, 6.07) is 15.6. The fourth-order valence-electron chi connectivity index (χ4n) is 2.23. The minimum atomic E-state index is 0.166. The number of thiophene rings is 2. The molecule has 102 valence electrons. The van der Waals surface area contributed by atoms with E-state index in [4.69, 9.17) is 0 Å². The molecule has 0 saturated heterocycles. The Bertz CT molecular complexity index is 631. The van der Waals surface area contributed by atoms with Gasteiger partial charge in [0.1, 0.15) is 0 Å². The van der Waals surface area contributed by atoms with Gasteiger partial charge in [-0.2, -0.15) is 0 Å². The highest BCUT2D eigenvalue weighted by molar-refractivity contribution is 7.14. The normalized spacial score (nSPS) is 11.8. The SMILES string of the molecule is CC(C)(C)c1cc(-c2cccs2)cc(-c2cccs2)c1. The van der Waals surface area contributed by atoms with Crippen molar-refractivity contribution >= 4 is 22.7 Å². The highest BCUT2D eigenvalue weighted by atomic mass is 32.1. The van der Waals surface area contributed by atoms with Crippen molar-refractivity contribution in [2.45, 2.75) is 26.2 Å². The predicted molar refractivity (Wildman–Crippen MR) is 91.8 cm³/mol. The van der Waals surface area contributed by atoms with Crippen molar-refractivity contribution in [3.8, 4) is 20.9 Å². The maximum atomic E-state index is 2.34. The molecule has 0 unspecified atom stereocenters. The molecule has 0 atom stereocenters. The van der Waals surface area contributed by atoms with E-state index in [-0.39, 0.29) is 5.41 Å². The molecule has 3 aromatic rings.